The molecule has 0 unspecified atom stereocenters. The van der Waals surface area contributed by atoms with Gasteiger partial charge in [-0.15, -0.1) is 0 Å². The van der Waals surface area contributed by atoms with Crippen LogP contribution >= 0.6 is 0 Å². The van der Waals surface area contributed by atoms with Gasteiger partial charge in [0.25, 0.3) is 0 Å². The van der Waals surface area contributed by atoms with Crippen molar-refractivity contribution < 1.29 is 9.66 Å². The summed E-state index contributed by atoms with van der Waals surface area (Å²) in [6.07, 6.45) is 5.34. The fraction of sp³-hybridized carbons (Fsp3) is 0.533. The van der Waals surface area contributed by atoms with Crippen LogP contribution in [0.25, 0.3) is 5.65 Å². The second-order valence-electron chi connectivity index (χ2n) is 6.19. The van der Waals surface area contributed by atoms with Crippen molar-refractivity contribution in [2.45, 2.75) is 19.8 Å². The lowest BCUT2D eigenvalue weighted by Gasteiger charge is -2.39. The highest BCUT2D eigenvalue weighted by molar-refractivity contribution is 5.64. The lowest BCUT2D eigenvalue weighted by atomic mass is 9.81. The summed E-state index contributed by atoms with van der Waals surface area (Å²) in [6.45, 7) is 4.48. The number of aromatic nitrogens is 2. The monoisotopic (exact) mass is 304 g/mol. The van der Waals surface area contributed by atoms with Crippen LogP contribution in [0, 0.1) is 15.5 Å². The fourth-order valence-electron chi connectivity index (χ4n) is 3.18. The molecule has 7 nitrogen and oxygen atoms in total. The largest absolute Gasteiger partial charge is 0.384 e. The Kier molecular flexibility index (Phi) is 3.74. The minimum absolute atomic E-state index is 0.126. The van der Waals surface area contributed by atoms with E-state index in [0.717, 1.165) is 38.2 Å². The molecule has 7 heteroatoms. The van der Waals surface area contributed by atoms with Crippen LogP contribution in [0.3, 0.4) is 0 Å². The van der Waals surface area contributed by atoms with E-state index in [4.69, 9.17) is 4.74 Å². The predicted molar refractivity (Wildman–Crippen MR) is 83.3 cm³/mol. The second-order valence-corrected chi connectivity index (χ2v) is 6.19. The number of piperidine rings is 1. The zero-order chi connectivity index (χ0) is 15.7. The lowest BCUT2D eigenvalue weighted by molar-refractivity contribution is -0.384. The molecule has 0 saturated carbocycles. The molecule has 0 atom stereocenters. The van der Waals surface area contributed by atoms with Gasteiger partial charge in [-0.2, -0.15) is 0 Å². The molecule has 2 aromatic heterocycles. The number of rotatable bonds is 4. The van der Waals surface area contributed by atoms with Crippen molar-refractivity contribution in [3.05, 3.63) is 34.6 Å². The maximum Gasteiger partial charge on any atom is 0.310 e. The van der Waals surface area contributed by atoms with Crippen LogP contribution in [0.2, 0.25) is 0 Å². The van der Waals surface area contributed by atoms with Gasteiger partial charge in [0, 0.05) is 38.7 Å². The number of hydrogen-bond donors (Lipinski definition) is 0. The summed E-state index contributed by atoms with van der Waals surface area (Å²) < 4.78 is 7.11. The Balaban J connectivity index is 1.95. The van der Waals surface area contributed by atoms with Crippen molar-refractivity contribution in [1.82, 2.24) is 9.38 Å². The summed E-state index contributed by atoms with van der Waals surface area (Å²) >= 11 is 0. The maximum atomic E-state index is 11.4. The molecule has 0 spiro atoms. The highest BCUT2D eigenvalue weighted by Crippen LogP contribution is 2.36. The molecule has 1 fully saturated rings. The van der Waals surface area contributed by atoms with Crippen LogP contribution in [0.1, 0.15) is 19.8 Å². The highest BCUT2D eigenvalue weighted by Gasteiger charge is 2.33. The Morgan fingerprint density at radius 1 is 1.41 bits per heavy atom. The van der Waals surface area contributed by atoms with E-state index in [0.29, 0.717) is 5.82 Å². The maximum absolute atomic E-state index is 11.4. The minimum atomic E-state index is -0.322. The molecular formula is C15H20N4O3. The van der Waals surface area contributed by atoms with Gasteiger partial charge in [-0.1, -0.05) is 6.92 Å². The summed E-state index contributed by atoms with van der Waals surface area (Å²) in [7, 11) is 1.72. The van der Waals surface area contributed by atoms with Crippen molar-refractivity contribution in [1.29, 1.82) is 0 Å². The average molecular weight is 304 g/mol. The van der Waals surface area contributed by atoms with E-state index in [9.17, 15) is 10.1 Å². The normalized spacial score (nSPS) is 17.8. The zero-order valence-electron chi connectivity index (χ0n) is 12.9. The van der Waals surface area contributed by atoms with Crippen LogP contribution < -0.4 is 4.90 Å². The summed E-state index contributed by atoms with van der Waals surface area (Å²) in [6, 6.07) is 3.22. The summed E-state index contributed by atoms with van der Waals surface area (Å²) in [5, 5.41) is 11.4. The quantitative estimate of drug-likeness (QED) is 0.641. The number of pyridine rings is 1. The molecule has 3 heterocycles. The molecule has 0 amide bonds. The number of methoxy groups -OCH3 is 1. The van der Waals surface area contributed by atoms with Crippen LogP contribution in [0.15, 0.2) is 24.5 Å². The van der Waals surface area contributed by atoms with E-state index in [-0.39, 0.29) is 16.0 Å². The number of fused-ring (bicyclic) bond motifs is 1. The molecule has 0 radical (unpaired) electrons. The van der Waals surface area contributed by atoms with Gasteiger partial charge in [-0.3, -0.25) is 14.5 Å². The van der Waals surface area contributed by atoms with E-state index >= 15 is 0 Å². The van der Waals surface area contributed by atoms with Gasteiger partial charge in [0.2, 0.25) is 0 Å². The SMILES string of the molecule is COCC1(C)CCN(c2c([N+](=O)[O-])ccc3nccn23)CC1. The van der Waals surface area contributed by atoms with Crippen molar-refractivity contribution >= 4 is 17.2 Å². The number of hydrogen-bond acceptors (Lipinski definition) is 5. The molecule has 0 N–H and O–H groups in total. The van der Waals surface area contributed by atoms with E-state index in [1.54, 1.807) is 36.0 Å². The van der Waals surface area contributed by atoms with Crippen LogP contribution in [-0.4, -0.2) is 41.1 Å². The van der Waals surface area contributed by atoms with Crippen LogP contribution in [0.4, 0.5) is 11.5 Å². The molecular weight excluding hydrogens is 284 g/mol. The number of imidazole rings is 1. The highest BCUT2D eigenvalue weighted by atomic mass is 16.6. The molecule has 0 aromatic carbocycles. The Hall–Kier alpha value is -2.15. The number of nitrogens with zero attached hydrogens (tertiary/aromatic N) is 4. The van der Waals surface area contributed by atoms with Crippen molar-refractivity contribution in [3.8, 4) is 0 Å². The van der Waals surface area contributed by atoms with Gasteiger partial charge in [-0.25, -0.2) is 4.98 Å². The molecule has 22 heavy (non-hydrogen) atoms. The Labute approximate surface area is 128 Å². The average Bonchev–Trinajstić information content (AvgIpc) is 2.95. The third kappa shape index (κ3) is 2.52. The van der Waals surface area contributed by atoms with Crippen LogP contribution in [0.5, 0.6) is 0 Å². The number of anilines is 1. The first-order chi connectivity index (χ1) is 10.5. The zero-order valence-corrected chi connectivity index (χ0v) is 12.9. The van der Waals surface area contributed by atoms with E-state index < -0.39 is 0 Å². The molecule has 0 aliphatic carbocycles. The van der Waals surface area contributed by atoms with Gasteiger partial charge >= 0.3 is 5.69 Å². The first-order valence-corrected chi connectivity index (χ1v) is 7.38. The number of ether oxygens (including phenoxy) is 1. The van der Waals surface area contributed by atoms with Gasteiger partial charge in [-0.05, 0) is 24.3 Å². The molecule has 1 aliphatic heterocycles. The van der Waals surface area contributed by atoms with Gasteiger partial charge in [0.15, 0.2) is 5.82 Å². The minimum Gasteiger partial charge on any atom is -0.384 e. The number of nitro groups is 1. The molecule has 0 bridgehead atoms. The molecule has 1 saturated heterocycles. The van der Waals surface area contributed by atoms with Crippen LogP contribution in [-0.2, 0) is 4.74 Å². The Bertz CT molecular complexity index is 689. The molecule has 118 valence electrons. The summed E-state index contributed by atoms with van der Waals surface area (Å²) in [5.74, 6) is 0.625. The van der Waals surface area contributed by atoms with Gasteiger partial charge < -0.3 is 9.64 Å². The van der Waals surface area contributed by atoms with Gasteiger partial charge in [0.1, 0.15) is 5.65 Å². The third-order valence-electron chi connectivity index (χ3n) is 4.48. The van der Waals surface area contributed by atoms with E-state index in [1.165, 1.54) is 0 Å². The van der Waals surface area contributed by atoms with E-state index in [1.807, 2.05) is 0 Å². The van der Waals surface area contributed by atoms with Crippen molar-refractivity contribution in [2.75, 3.05) is 31.7 Å². The first-order valence-electron chi connectivity index (χ1n) is 7.38. The predicted octanol–water partition coefficient (Wildman–Crippen LogP) is 2.50. The van der Waals surface area contributed by atoms with Crippen molar-refractivity contribution in [2.24, 2.45) is 5.41 Å². The van der Waals surface area contributed by atoms with E-state index in [2.05, 4.69) is 16.8 Å². The first kappa shape index (κ1) is 14.8. The topological polar surface area (TPSA) is 72.9 Å². The fourth-order valence-corrected chi connectivity index (χ4v) is 3.18. The smallest absolute Gasteiger partial charge is 0.310 e. The Morgan fingerprint density at radius 2 is 2.14 bits per heavy atom. The third-order valence-corrected chi connectivity index (χ3v) is 4.48. The summed E-state index contributed by atoms with van der Waals surface area (Å²) in [5.41, 5.74) is 0.995. The second kappa shape index (κ2) is 5.57. The van der Waals surface area contributed by atoms with Gasteiger partial charge in [0.05, 0.1) is 11.5 Å². The molecule has 2 aromatic rings. The Morgan fingerprint density at radius 3 is 2.77 bits per heavy atom. The van der Waals surface area contributed by atoms with Crippen molar-refractivity contribution in [3.63, 3.8) is 0 Å². The molecule has 1 aliphatic rings. The standard InChI is InChI=1S/C15H20N4O3/c1-15(11-22-2)5-8-17(9-6-15)14-12(19(20)21)3-4-13-16-7-10-18(13)14/h3-4,7,10H,5-6,8-9,11H2,1-2H3. The molecule has 3 rings (SSSR count). The lowest BCUT2D eigenvalue weighted by Crippen LogP contribution is -2.41. The summed E-state index contributed by atoms with van der Waals surface area (Å²) in [4.78, 5) is 17.4.